The first-order valence-electron chi connectivity index (χ1n) is 7.56. The van der Waals surface area contributed by atoms with Crippen LogP contribution in [0.5, 0.6) is 0 Å². The molecule has 1 N–H and O–H groups in total. The summed E-state index contributed by atoms with van der Waals surface area (Å²) in [6.07, 6.45) is 1.78. The third kappa shape index (κ3) is 2.00. The van der Waals surface area contributed by atoms with Crippen LogP contribution in [-0.2, 0) is 0 Å². The Morgan fingerprint density at radius 1 is 1.04 bits per heavy atom. The fourth-order valence-corrected chi connectivity index (χ4v) is 3.27. The first-order chi connectivity index (χ1) is 11.2. The van der Waals surface area contributed by atoms with Gasteiger partial charge in [-0.05, 0) is 43.7 Å². The molecule has 2 heterocycles. The van der Waals surface area contributed by atoms with Crippen molar-refractivity contribution in [2.45, 2.75) is 13.8 Å². The molecule has 4 aromatic rings. The first-order valence-corrected chi connectivity index (χ1v) is 7.56. The van der Waals surface area contributed by atoms with E-state index in [1.807, 2.05) is 24.3 Å². The smallest absolute Gasteiger partial charge is 0.101 e. The van der Waals surface area contributed by atoms with Crippen LogP contribution in [0.15, 0.2) is 48.7 Å². The second-order valence-electron chi connectivity index (χ2n) is 5.85. The van der Waals surface area contributed by atoms with Crippen molar-refractivity contribution in [1.82, 2.24) is 9.97 Å². The number of aromatic nitrogens is 2. The van der Waals surface area contributed by atoms with Gasteiger partial charge >= 0.3 is 0 Å². The van der Waals surface area contributed by atoms with E-state index >= 15 is 0 Å². The summed E-state index contributed by atoms with van der Waals surface area (Å²) in [4.78, 5) is 7.88. The zero-order valence-electron chi connectivity index (χ0n) is 13.0. The largest absolute Gasteiger partial charge is 0.358 e. The van der Waals surface area contributed by atoms with Gasteiger partial charge < -0.3 is 4.98 Å². The molecule has 0 spiro atoms. The molecule has 0 saturated carbocycles. The summed E-state index contributed by atoms with van der Waals surface area (Å²) in [7, 11) is 0. The van der Waals surface area contributed by atoms with Crippen LogP contribution in [0.25, 0.3) is 32.9 Å². The van der Waals surface area contributed by atoms with Crippen LogP contribution in [0.1, 0.15) is 16.8 Å². The van der Waals surface area contributed by atoms with E-state index in [0.717, 1.165) is 27.7 Å². The van der Waals surface area contributed by atoms with Gasteiger partial charge in [0.25, 0.3) is 0 Å². The number of aromatic amines is 1. The summed E-state index contributed by atoms with van der Waals surface area (Å²) in [5, 5.41) is 11.5. The summed E-state index contributed by atoms with van der Waals surface area (Å²) in [6.45, 7) is 4.19. The lowest BCUT2D eigenvalue weighted by Gasteiger charge is -2.08. The summed E-state index contributed by atoms with van der Waals surface area (Å²) in [5.41, 5.74) is 7.15. The molecule has 0 unspecified atom stereocenters. The number of H-pyrrole nitrogens is 1. The highest BCUT2D eigenvalue weighted by molar-refractivity contribution is 6.06. The standard InChI is InChI=1S/C20H15N3/c1-12-6-7-18-17(10-12)19(13(2)23-18)15-8-9-22-20-14(11-21)4-3-5-16(15)20/h3-10,23H,1-2H3. The predicted octanol–water partition coefficient (Wildman–Crippen LogP) is 4.87. The van der Waals surface area contributed by atoms with Crippen molar-refractivity contribution in [3.8, 4) is 17.2 Å². The Morgan fingerprint density at radius 2 is 1.91 bits per heavy atom. The first kappa shape index (κ1) is 13.5. The van der Waals surface area contributed by atoms with Crippen LogP contribution in [0.4, 0.5) is 0 Å². The molecule has 0 aliphatic rings. The molecule has 3 heteroatoms. The number of nitrogens with zero attached hydrogens (tertiary/aromatic N) is 2. The van der Waals surface area contributed by atoms with Crippen LogP contribution < -0.4 is 0 Å². The van der Waals surface area contributed by atoms with E-state index in [9.17, 15) is 5.26 Å². The van der Waals surface area contributed by atoms with Crippen molar-refractivity contribution in [3.05, 3.63) is 65.5 Å². The molecule has 0 aliphatic heterocycles. The minimum Gasteiger partial charge on any atom is -0.358 e. The summed E-state index contributed by atoms with van der Waals surface area (Å²) < 4.78 is 0. The fraction of sp³-hybridized carbons (Fsp3) is 0.100. The number of fused-ring (bicyclic) bond motifs is 2. The van der Waals surface area contributed by atoms with Crippen LogP contribution in [0.3, 0.4) is 0 Å². The highest BCUT2D eigenvalue weighted by Gasteiger charge is 2.14. The van der Waals surface area contributed by atoms with Crippen LogP contribution in [-0.4, -0.2) is 9.97 Å². The fourth-order valence-electron chi connectivity index (χ4n) is 3.27. The van der Waals surface area contributed by atoms with E-state index in [4.69, 9.17) is 0 Å². The second kappa shape index (κ2) is 4.96. The van der Waals surface area contributed by atoms with Gasteiger partial charge in [-0.1, -0.05) is 23.8 Å². The zero-order chi connectivity index (χ0) is 16.0. The number of para-hydroxylation sites is 1. The number of pyridine rings is 1. The minimum absolute atomic E-state index is 0.609. The number of nitrogens with one attached hydrogen (secondary N) is 1. The Labute approximate surface area is 134 Å². The van der Waals surface area contributed by atoms with Gasteiger partial charge in [-0.15, -0.1) is 0 Å². The van der Waals surface area contributed by atoms with E-state index in [0.29, 0.717) is 5.56 Å². The maximum Gasteiger partial charge on any atom is 0.101 e. The normalized spacial score (nSPS) is 11.0. The van der Waals surface area contributed by atoms with Gasteiger partial charge in [-0.2, -0.15) is 5.26 Å². The number of hydrogen-bond donors (Lipinski definition) is 1. The Balaban J connectivity index is 2.14. The van der Waals surface area contributed by atoms with E-state index in [1.165, 1.54) is 16.5 Å². The van der Waals surface area contributed by atoms with Crippen molar-refractivity contribution in [2.24, 2.45) is 0 Å². The molecule has 0 radical (unpaired) electrons. The molecule has 0 saturated heterocycles. The van der Waals surface area contributed by atoms with E-state index in [1.54, 1.807) is 6.20 Å². The third-order valence-electron chi connectivity index (χ3n) is 4.30. The maximum absolute atomic E-state index is 9.32. The van der Waals surface area contributed by atoms with E-state index in [2.05, 4.69) is 48.1 Å². The van der Waals surface area contributed by atoms with Gasteiger partial charge in [0.1, 0.15) is 6.07 Å². The van der Waals surface area contributed by atoms with Gasteiger partial charge in [0.2, 0.25) is 0 Å². The SMILES string of the molecule is Cc1ccc2[nH]c(C)c(-c3ccnc4c(C#N)cccc34)c2c1. The molecule has 0 amide bonds. The molecule has 23 heavy (non-hydrogen) atoms. The van der Waals surface area contributed by atoms with Crippen LogP contribution in [0, 0.1) is 25.2 Å². The Kier molecular flexibility index (Phi) is 2.92. The van der Waals surface area contributed by atoms with Gasteiger partial charge in [0.15, 0.2) is 0 Å². The number of nitriles is 1. The topological polar surface area (TPSA) is 52.5 Å². The van der Waals surface area contributed by atoms with Gasteiger partial charge in [0.05, 0.1) is 11.1 Å². The van der Waals surface area contributed by atoms with Crippen molar-refractivity contribution in [1.29, 1.82) is 5.26 Å². The Bertz CT molecular complexity index is 1100. The molecule has 4 rings (SSSR count). The monoisotopic (exact) mass is 297 g/mol. The van der Waals surface area contributed by atoms with Gasteiger partial charge in [-0.3, -0.25) is 4.98 Å². The van der Waals surface area contributed by atoms with Crippen LogP contribution in [0.2, 0.25) is 0 Å². The molecule has 2 aromatic heterocycles. The number of aryl methyl sites for hydroxylation is 2. The highest BCUT2D eigenvalue weighted by atomic mass is 14.7. The molecular formula is C20H15N3. The summed E-state index contributed by atoms with van der Waals surface area (Å²) in [5.74, 6) is 0. The third-order valence-corrected chi connectivity index (χ3v) is 4.30. The average molecular weight is 297 g/mol. The van der Waals surface area contributed by atoms with E-state index in [-0.39, 0.29) is 0 Å². The average Bonchev–Trinajstić information content (AvgIpc) is 2.88. The molecule has 2 aromatic carbocycles. The summed E-state index contributed by atoms with van der Waals surface area (Å²) >= 11 is 0. The molecule has 0 aliphatic carbocycles. The molecule has 0 atom stereocenters. The molecule has 3 nitrogen and oxygen atoms in total. The number of benzene rings is 2. The maximum atomic E-state index is 9.32. The quantitative estimate of drug-likeness (QED) is 0.545. The predicted molar refractivity (Wildman–Crippen MR) is 93.2 cm³/mol. The second-order valence-corrected chi connectivity index (χ2v) is 5.85. The Morgan fingerprint density at radius 3 is 2.74 bits per heavy atom. The lowest BCUT2D eigenvalue weighted by atomic mass is 9.97. The van der Waals surface area contributed by atoms with Crippen molar-refractivity contribution in [3.63, 3.8) is 0 Å². The number of rotatable bonds is 1. The minimum atomic E-state index is 0.609. The van der Waals surface area contributed by atoms with Crippen molar-refractivity contribution in [2.75, 3.05) is 0 Å². The van der Waals surface area contributed by atoms with Crippen molar-refractivity contribution >= 4 is 21.8 Å². The lowest BCUT2D eigenvalue weighted by Crippen LogP contribution is -1.88. The Hall–Kier alpha value is -3.12. The molecular weight excluding hydrogens is 282 g/mol. The van der Waals surface area contributed by atoms with E-state index < -0.39 is 0 Å². The number of hydrogen-bond acceptors (Lipinski definition) is 2. The summed E-state index contributed by atoms with van der Waals surface area (Å²) in [6, 6.07) is 16.5. The molecule has 0 bridgehead atoms. The van der Waals surface area contributed by atoms with Gasteiger partial charge in [-0.25, -0.2) is 0 Å². The highest BCUT2D eigenvalue weighted by Crippen LogP contribution is 2.36. The van der Waals surface area contributed by atoms with Crippen molar-refractivity contribution < 1.29 is 0 Å². The van der Waals surface area contributed by atoms with Gasteiger partial charge in [0, 0.05) is 33.7 Å². The zero-order valence-corrected chi connectivity index (χ0v) is 13.0. The lowest BCUT2D eigenvalue weighted by molar-refractivity contribution is 1.30. The molecule has 0 fully saturated rings. The molecule has 110 valence electrons. The van der Waals surface area contributed by atoms with Crippen LogP contribution >= 0.6 is 0 Å².